The van der Waals surface area contributed by atoms with Gasteiger partial charge >= 0.3 is 0 Å². The Labute approximate surface area is 82.1 Å². The summed E-state index contributed by atoms with van der Waals surface area (Å²) in [6, 6.07) is 0.713. The Morgan fingerprint density at radius 2 is 1.77 bits per heavy atom. The van der Waals surface area contributed by atoms with E-state index in [1.807, 2.05) is 0 Å². The molecule has 0 aliphatic carbocycles. The van der Waals surface area contributed by atoms with E-state index in [0.717, 1.165) is 6.42 Å². The third-order valence-electron chi connectivity index (χ3n) is 3.71. The zero-order valence-electron chi connectivity index (χ0n) is 9.29. The number of rotatable bonds is 4. The molecule has 0 bridgehead atoms. The van der Waals surface area contributed by atoms with Gasteiger partial charge < -0.3 is 9.59 Å². The highest BCUT2D eigenvalue weighted by Crippen LogP contribution is 2.24. The number of hydrogen-bond acceptors (Lipinski definition) is 1. The van der Waals surface area contributed by atoms with Crippen LogP contribution in [0.1, 0.15) is 33.1 Å². The first-order chi connectivity index (χ1) is 6.08. The smallest absolute Gasteiger partial charge is 0.0863 e. The first-order valence-electron chi connectivity index (χ1n) is 5.53. The molecule has 2 nitrogen and oxygen atoms in total. The summed E-state index contributed by atoms with van der Waals surface area (Å²) in [5.74, 6) is 0.463. The second-order valence-corrected chi connectivity index (χ2v) is 5.01. The van der Waals surface area contributed by atoms with E-state index in [1.54, 1.807) is 0 Å². The fourth-order valence-electron chi connectivity index (χ4n) is 2.41. The van der Waals surface area contributed by atoms with Crippen molar-refractivity contribution in [1.29, 1.82) is 0 Å². The summed E-state index contributed by atoms with van der Waals surface area (Å²) in [5.41, 5.74) is 0. The zero-order chi connectivity index (χ0) is 9.90. The van der Waals surface area contributed by atoms with Gasteiger partial charge in [0.2, 0.25) is 0 Å². The lowest BCUT2D eigenvalue weighted by Gasteiger charge is -2.37. The highest BCUT2D eigenvalue weighted by Gasteiger charge is 2.33. The van der Waals surface area contributed by atoms with E-state index in [1.165, 1.54) is 30.4 Å². The number of aliphatic hydroxyl groups excluding tert-OH is 1. The monoisotopic (exact) mass is 186 g/mol. The number of likely N-dealkylation sites (tertiary alicyclic amines) is 1. The molecule has 13 heavy (non-hydrogen) atoms. The minimum Gasteiger partial charge on any atom is -0.396 e. The second-order valence-electron chi connectivity index (χ2n) is 5.01. The Morgan fingerprint density at radius 1 is 1.23 bits per heavy atom. The van der Waals surface area contributed by atoms with Crippen molar-refractivity contribution in [3.63, 3.8) is 0 Å². The normalized spacial score (nSPS) is 25.8. The molecular weight excluding hydrogens is 162 g/mol. The van der Waals surface area contributed by atoms with Gasteiger partial charge in [0.05, 0.1) is 26.2 Å². The van der Waals surface area contributed by atoms with Crippen LogP contribution in [0.3, 0.4) is 0 Å². The fraction of sp³-hybridized carbons (Fsp3) is 1.00. The predicted octanol–water partition coefficient (Wildman–Crippen LogP) is 1.63. The van der Waals surface area contributed by atoms with Crippen LogP contribution in [0.25, 0.3) is 0 Å². The highest BCUT2D eigenvalue weighted by molar-refractivity contribution is 4.62. The lowest BCUT2D eigenvalue weighted by atomic mass is 10.0. The molecule has 0 amide bonds. The van der Waals surface area contributed by atoms with Gasteiger partial charge in [0, 0.05) is 25.9 Å². The molecule has 1 aliphatic rings. The minimum absolute atomic E-state index is 0.338. The number of quaternary nitrogens is 1. The maximum Gasteiger partial charge on any atom is 0.0863 e. The van der Waals surface area contributed by atoms with Crippen molar-refractivity contribution < 1.29 is 9.59 Å². The maximum absolute atomic E-state index is 9.00. The molecule has 2 atom stereocenters. The molecule has 1 aliphatic heterocycles. The Bertz CT molecular complexity index is 152. The van der Waals surface area contributed by atoms with Gasteiger partial charge in [-0.05, 0) is 12.8 Å². The SMILES string of the molecule is CC(CO)CC(C)[N+]1(C)CCCC1. The molecule has 0 aromatic heterocycles. The third kappa shape index (κ3) is 2.68. The summed E-state index contributed by atoms with van der Waals surface area (Å²) < 4.78 is 1.23. The van der Waals surface area contributed by atoms with E-state index >= 15 is 0 Å². The van der Waals surface area contributed by atoms with Crippen molar-refractivity contribution in [2.45, 2.75) is 39.2 Å². The van der Waals surface area contributed by atoms with Crippen molar-refractivity contribution >= 4 is 0 Å². The summed E-state index contributed by atoms with van der Waals surface area (Å²) in [6.45, 7) is 7.47. The van der Waals surface area contributed by atoms with Gasteiger partial charge in [-0.25, -0.2) is 0 Å². The van der Waals surface area contributed by atoms with Crippen LogP contribution in [0.2, 0.25) is 0 Å². The Kier molecular flexibility index (Phi) is 3.74. The second kappa shape index (κ2) is 4.43. The fourth-order valence-corrected chi connectivity index (χ4v) is 2.41. The van der Waals surface area contributed by atoms with Gasteiger partial charge in [0.15, 0.2) is 0 Å². The van der Waals surface area contributed by atoms with Gasteiger partial charge in [0.1, 0.15) is 0 Å². The minimum atomic E-state index is 0.338. The first-order valence-corrected chi connectivity index (χ1v) is 5.53. The Hall–Kier alpha value is -0.0800. The zero-order valence-corrected chi connectivity index (χ0v) is 9.29. The van der Waals surface area contributed by atoms with Gasteiger partial charge in [-0.1, -0.05) is 6.92 Å². The molecule has 0 spiro atoms. The van der Waals surface area contributed by atoms with Crippen molar-refractivity contribution in [1.82, 2.24) is 0 Å². The van der Waals surface area contributed by atoms with Crippen molar-refractivity contribution in [2.24, 2.45) is 5.92 Å². The van der Waals surface area contributed by atoms with Crippen LogP contribution < -0.4 is 0 Å². The topological polar surface area (TPSA) is 20.2 Å². The third-order valence-corrected chi connectivity index (χ3v) is 3.71. The van der Waals surface area contributed by atoms with E-state index < -0.39 is 0 Å². The molecule has 1 N–H and O–H groups in total. The largest absolute Gasteiger partial charge is 0.396 e. The van der Waals surface area contributed by atoms with Gasteiger partial charge in [-0.3, -0.25) is 0 Å². The molecule has 1 fully saturated rings. The summed E-state index contributed by atoms with van der Waals surface area (Å²) >= 11 is 0. The van der Waals surface area contributed by atoms with Crippen LogP contribution in [0.15, 0.2) is 0 Å². The van der Waals surface area contributed by atoms with E-state index in [9.17, 15) is 0 Å². The molecule has 2 heteroatoms. The molecule has 1 saturated heterocycles. The molecular formula is C11H24NO+. The summed E-state index contributed by atoms with van der Waals surface area (Å²) in [7, 11) is 2.36. The van der Waals surface area contributed by atoms with E-state index in [0.29, 0.717) is 18.6 Å². The predicted molar refractivity (Wildman–Crippen MR) is 55.5 cm³/mol. The van der Waals surface area contributed by atoms with Crippen LogP contribution in [0.5, 0.6) is 0 Å². The van der Waals surface area contributed by atoms with Crippen LogP contribution in [-0.4, -0.2) is 42.4 Å². The lowest BCUT2D eigenvalue weighted by Crippen LogP contribution is -2.49. The average Bonchev–Trinajstić information content (AvgIpc) is 2.53. The van der Waals surface area contributed by atoms with Crippen LogP contribution in [0.4, 0.5) is 0 Å². The Balaban J connectivity index is 2.41. The quantitative estimate of drug-likeness (QED) is 0.662. The number of nitrogens with zero attached hydrogens (tertiary/aromatic N) is 1. The average molecular weight is 186 g/mol. The number of aliphatic hydroxyl groups is 1. The maximum atomic E-state index is 9.00. The van der Waals surface area contributed by atoms with Crippen LogP contribution in [0, 0.1) is 5.92 Å². The summed E-state index contributed by atoms with van der Waals surface area (Å²) in [6.07, 6.45) is 3.93. The number of hydrogen-bond donors (Lipinski definition) is 1. The first kappa shape index (κ1) is 11.0. The van der Waals surface area contributed by atoms with Crippen molar-refractivity contribution in [3.05, 3.63) is 0 Å². The molecule has 0 aromatic rings. The van der Waals surface area contributed by atoms with E-state index in [-0.39, 0.29) is 0 Å². The van der Waals surface area contributed by atoms with Gasteiger partial charge in [0.25, 0.3) is 0 Å². The molecule has 78 valence electrons. The van der Waals surface area contributed by atoms with E-state index in [4.69, 9.17) is 5.11 Å². The summed E-state index contributed by atoms with van der Waals surface area (Å²) in [4.78, 5) is 0. The highest BCUT2D eigenvalue weighted by atomic mass is 16.3. The molecule has 1 rings (SSSR count). The van der Waals surface area contributed by atoms with E-state index in [2.05, 4.69) is 20.9 Å². The van der Waals surface area contributed by atoms with Crippen molar-refractivity contribution in [3.8, 4) is 0 Å². The summed E-state index contributed by atoms with van der Waals surface area (Å²) in [5, 5.41) is 9.00. The van der Waals surface area contributed by atoms with Gasteiger partial charge in [-0.2, -0.15) is 0 Å². The lowest BCUT2D eigenvalue weighted by molar-refractivity contribution is -0.921. The van der Waals surface area contributed by atoms with Crippen LogP contribution >= 0.6 is 0 Å². The van der Waals surface area contributed by atoms with Gasteiger partial charge in [-0.15, -0.1) is 0 Å². The molecule has 2 unspecified atom stereocenters. The Morgan fingerprint density at radius 3 is 2.23 bits per heavy atom. The molecule has 1 heterocycles. The molecule has 0 radical (unpaired) electrons. The molecule has 0 saturated carbocycles. The van der Waals surface area contributed by atoms with Crippen molar-refractivity contribution in [2.75, 3.05) is 26.7 Å². The van der Waals surface area contributed by atoms with Crippen LogP contribution in [-0.2, 0) is 0 Å². The standard InChI is InChI=1S/C11H24NO/c1-10(9-13)8-11(2)12(3)6-4-5-7-12/h10-11,13H,4-9H2,1-3H3/q+1. The molecule has 0 aromatic carbocycles.